The van der Waals surface area contributed by atoms with Crippen molar-refractivity contribution in [2.45, 2.75) is 37.2 Å². The summed E-state index contributed by atoms with van der Waals surface area (Å²) in [5, 5.41) is 2.18. The first-order valence-corrected chi connectivity index (χ1v) is 9.54. The van der Waals surface area contributed by atoms with Crippen molar-refractivity contribution in [1.82, 2.24) is 14.5 Å². The fourth-order valence-corrected chi connectivity index (χ4v) is 4.32. The van der Waals surface area contributed by atoms with Gasteiger partial charge in [-0.3, -0.25) is 0 Å². The van der Waals surface area contributed by atoms with Crippen molar-refractivity contribution in [1.29, 1.82) is 0 Å². The molecule has 2 aromatic heterocycles. The highest BCUT2D eigenvalue weighted by Crippen LogP contribution is 2.35. The molecule has 0 bridgehead atoms. The van der Waals surface area contributed by atoms with E-state index in [4.69, 9.17) is 0 Å². The Kier molecular flexibility index (Phi) is 4.51. The van der Waals surface area contributed by atoms with Crippen LogP contribution in [0.5, 0.6) is 0 Å². The summed E-state index contributed by atoms with van der Waals surface area (Å²) < 4.78 is 2.29. The average molecular weight is 359 g/mol. The van der Waals surface area contributed by atoms with E-state index in [2.05, 4.69) is 83.8 Å². The highest BCUT2D eigenvalue weighted by atomic mass is 32.2. The third-order valence-electron chi connectivity index (χ3n) is 4.76. The van der Waals surface area contributed by atoms with Crippen molar-refractivity contribution in [2.75, 3.05) is 0 Å². The predicted octanol–water partition coefficient (Wildman–Crippen LogP) is 5.56. The second-order valence-corrected chi connectivity index (χ2v) is 7.64. The molecule has 0 aliphatic carbocycles. The lowest BCUT2D eigenvalue weighted by molar-refractivity contribution is 0.789. The molecule has 0 aliphatic heterocycles. The predicted molar refractivity (Wildman–Crippen MR) is 108 cm³/mol. The summed E-state index contributed by atoms with van der Waals surface area (Å²) in [5.41, 5.74) is 6.05. The molecule has 0 radical (unpaired) electrons. The van der Waals surface area contributed by atoms with Crippen LogP contribution in [0.1, 0.15) is 22.4 Å². The van der Waals surface area contributed by atoms with Crippen molar-refractivity contribution >= 4 is 22.8 Å². The molecular formula is C22H21N3S. The van der Waals surface area contributed by atoms with E-state index in [0.717, 1.165) is 22.6 Å². The van der Waals surface area contributed by atoms with Crippen LogP contribution in [0.15, 0.2) is 70.8 Å². The number of hydrogen-bond acceptors (Lipinski definition) is 3. The van der Waals surface area contributed by atoms with Gasteiger partial charge in [-0.25, -0.2) is 9.97 Å². The average Bonchev–Trinajstić information content (AvgIpc) is 2.88. The molecular weight excluding hydrogens is 338 g/mol. The minimum Gasteiger partial charge on any atom is -0.325 e. The molecule has 4 heteroatoms. The maximum atomic E-state index is 4.62. The van der Waals surface area contributed by atoms with Gasteiger partial charge in [-0.2, -0.15) is 0 Å². The number of hydrogen-bond donors (Lipinski definition) is 0. The van der Waals surface area contributed by atoms with Crippen LogP contribution in [0, 0.1) is 20.8 Å². The Labute approximate surface area is 158 Å². The van der Waals surface area contributed by atoms with Gasteiger partial charge in [-0.05, 0) is 44.0 Å². The molecule has 3 nitrogen and oxygen atoms in total. The van der Waals surface area contributed by atoms with Crippen LogP contribution in [0.3, 0.4) is 0 Å². The third kappa shape index (κ3) is 3.13. The van der Waals surface area contributed by atoms with Crippen LogP contribution >= 0.6 is 11.8 Å². The summed E-state index contributed by atoms with van der Waals surface area (Å²) >= 11 is 1.71. The monoisotopic (exact) mass is 359 g/mol. The number of aromatic nitrogens is 3. The molecule has 2 aromatic carbocycles. The molecule has 0 aliphatic rings. The fraction of sp³-hybridized carbons (Fsp3) is 0.182. The molecule has 0 spiro atoms. The molecule has 0 N–H and O–H groups in total. The third-order valence-corrected chi connectivity index (χ3v) is 5.75. The van der Waals surface area contributed by atoms with Gasteiger partial charge in [0.1, 0.15) is 17.0 Å². The van der Waals surface area contributed by atoms with Crippen molar-refractivity contribution in [2.24, 2.45) is 0 Å². The van der Waals surface area contributed by atoms with Crippen molar-refractivity contribution < 1.29 is 0 Å². The van der Waals surface area contributed by atoms with Gasteiger partial charge in [0.05, 0.1) is 5.39 Å². The number of nitrogens with zero attached hydrogens (tertiary/aromatic N) is 3. The zero-order valence-corrected chi connectivity index (χ0v) is 16.0. The van der Waals surface area contributed by atoms with Gasteiger partial charge in [0.2, 0.25) is 0 Å². The summed E-state index contributed by atoms with van der Waals surface area (Å²) in [6.07, 6.45) is 1.68. The zero-order valence-electron chi connectivity index (χ0n) is 15.2. The lowest BCUT2D eigenvalue weighted by Crippen LogP contribution is -2.03. The lowest BCUT2D eigenvalue weighted by atomic mass is 10.2. The van der Waals surface area contributed by atoms with E-state index in [1.54, 1.807) is 18.1 Å². The lowest BCUT2D eigenvalue weighted by Gasteiger charge is -2.08. The van der Waals surface area contributed by atoms with Gasteiger partial charge in [-0.1, -0.05) is 59.8 Å². The molecule has 4 rings (SSSR count). The van der Waals surface area contributed by atoms with Crippen LogP contribution in [-0.2, 0) is 6.54 Å². The van der Waals surface area contributed by atoms with E-state index in [0.29, 0.717) is 0 Å². The molecule has 0 atom stereocenters. The fourth-order valence-electron chi connectivity index (χ4n) is 3.26. The minimum absolute atomic E-state index is 0.822. The molecule has 0 saturated carbocycles. The quantitative estimate of drug-likeness (QED) is 0.447. The molecule has 26 heavy (non-hydrogen) atoms. The first-order chi connectivity index (χ1) is 12.6. The zero-order chi connectivity index (χ0) is 18.1. The molecule has 0 amide bonds. The smallest absolute Gasteiger partial charge is 0.145 e. The molecule has 0 saturated heterocycles. The number of rotatable bonds is 4. The molecule has 4 aromatic rings. The Bertz CT molecular complexity index is 1070. The number of fused-ring (bicyclic) bond motifs is 1. The standard InChI is InChI=1S/C22H21N3S/c1-15-8-7-11-19(12-15)26-22-20-16(2)17(3)25(21(20)23-14-24-22)13-18-9-5-4-6-10-18/h4-12,14H,13H2,1-3H3. The Morgan fingerprint density at radius 1 is 0.923 bits per heavy atom. The minimum atomic E-state index is 0.822. The van der Waals surface area contributed by atoms with Crippen LogP contribution < -0.4 is 0 Å². The second-order valence-electron chi connectivity index (χ2n) is 6.58. The summed E-state index contributed by atoms with van der Waals surface area (Å²) in [6.45, 7) is 7.28. The summed E-state index contributed by atoms with van der Waals surface area (Å²) in [4.78, 5) is 10.4. The Hall–Kier alpha value is -2.59. The Morgan fingerprint density at radius 2 is 1.73 bits per heavy atom. The van der Waals surface area contributed by atoms with E-state index in [9.17, 15) is 0 Å². The van der Waals surface area contributed by atoms with E-state index < -0.39 is 0 Å². The Balaban J connectivity index is 1.80. The van der Waals surface area contributed by atoms with Crippen LogP contribution in [-0.4, -0.2) is 14.5 Å². The van der Waals surface area contributed by atoms with Gasteiger partial charge < -0.3 is 4.57 Å². The summed E-state index contributed by atoms with van der Waals surface area (Å²) in [6, 6.07) is 19.1. The van der Waals surface area contributed by atoms with E-state index >= 15 is 0 Å². The van der Waals surface area contributed by atoms with Crippen LogP contribution in [0.4, 0.5) is 0 Å². The van der Waals surface area contributed by atoms with E-state index in [-0.39, 0.29) is 0 Å². The van der Waals surface area contributed by atoms with E-state index in [1.165, 1.54) is 27.3 Å². The summed E-state index contributed by atoms with van der Waals surface area (Å²) in [7, 11) is 0. The van der Waals surface area contributed by atoms with Gasteiger partial charge >= 0.3 is 0 Å². The van der Waals surface area contributed by atoms with Crippen LogP contribution in [0.25, 0.3) is 11.0 Å². The maximum Gasteiger partial charge on any atom is 0.145 e. The number of benzene rings is 2. The van der Waals surface area contributed by atoms with Crippen LogP contribution in [0.2, 0.25) is 0 Å². The van der Waals surface area contributed by atoms with Crippen molar-refractivity contribution in [3.8, 4) is 0 Å². The normalized spacial score (nSPS) is 11.2. The Morgan fingerprint density at radius 3 is 2.50 bits per heavy atom. The van der Waals surface area contributed by atoms with Crippen molar-refractivity contribution in [3.05, 3.63) is 83.3 Å². The maximum absolute atomic E-state index is 4.62. The van der Waals surface area contributed by atoms with Crippen molar-refractivity contribution in [3.63, 3.8) is 0 Å². The highest BCUT2D eigenvalue weighted by Gasteiger charge is 2.17. The molecule has 130 valence electrons. The largest absolute Gasteiger partial charge is 0.325 e. The molecule has 0 unspecified atom stereocenters. The summed E-state index contributed by atoms with van der Waals surface area (Å²) in [5.74, 6) is 0. The topological polar surface area (TPSA) is 30.7 Å². The first kappa shape index (κ1) is 16.9. The van der Waals surface area contributed by atoms with E-state index in [1.807, 2.05) is 6.07 Å². The number of aryl methyl sites for hydroxylation is 2. The first-order valence-electron chi connectivity index (χ1n) is 8.72. The van der Waals surface area contributed by atoms with Gasteiger partial charge in [-0.15, -0.1) is 0 Å². The molecule has 2 heterocycles. The van der Waals surface area contributed by atoms with Gasteiger partial charge in [0.25, 0.3) is 0 Å². The molecule has 0 fully saturated rings. The highest BCUT2D eigenvalue weighted by molar-refractivity contribution is 7.99. The van der Waals surface area contributed by atoms with Gasteiger partial charge in [0.15, 0.2) is 0 Å². The second kappa shape index (κ2) is 6.96. The van der Waals surface area contributed by atoms with Gasteiger partial charge in [0, 0.05) is 17.1 Å². The SMILES string of the molecule is Cc1cccc(Sc2ncnc3c2c(C)c(C)n3Cc2ccccc2)c1.